The van der Waals surface area contributed by atoms with Crippen molar-refractivity contribution in [3.05, 3.63) is 42.4 Å². The summed E-state index contributed by atoms with van der Waals surface area (Å²) in [6.07, 6.45) is 6.86. The molecule has 0 spiro atoms. The molecular formula is C23H29N5. The number of fused-ring (bicyclic) bond motifs is 4. The smallest absolute Gasteiger partial charge is 0.133 e. The van der Waals surface area contributed by atoms with Gasteiger partial charge >= 0.3 is 0 Å². The van der Waals surface area contributed by atoms with E-state index in [1.54, 1.807) is 0 Å². The Balaban J connectivity index is 1.74. The monoisotopic (exact) mass is 375 g/mol. The second kappa shape index (κ2) is 7.76. The highest BCUT2D eigenvalue weighted by atomic mass is 15.1. The van der Waals surface area contributed by atoms with Gasteiger partial charge in [-0.05, 0) is 62.1 Å². The molecule has 0 radical (unpaired) electrons. The zero-order valence-corrected chi connectivity index (χ0v) is 17.3. The molecule has 0 atom stereocenters. The van der Waals surface area contributed by atoms with Gasteiger partial charge in [0.05, 0.1) is 11.0 Å². The van der Waals surface area contributed by atoms with E-state index in [9.17, 15) is 0 Å². The normalized spacial score (nSPS) is 11.9. The van der Waals surface area contributed by atoms with Crippen LogP contribution < -0.4 is 5.32 Å². The summed E-state index contributed by atoms with van der Waals surface area (Å²) in [4.78, 5) is 11.5. The highest BCUT2D eigenvalue weighted by Gasteiger charge is 2.15. The maximum atomic E-state index is 4.65. The summed E-state index contributed by atoms with van der Waals surface area (Å²) in [7, 11) is 2.14. The van der Waals surface area contributed by atoms with Gasteiger partial charge in [0.15, 0.2) is 0 Å². The molecule has 0 saturated heterocycles. The fourth-order valence-corrected chi connectivity index (χ4v) is 4.32. The number of nitrogens with zero attached hydrogens (tertiary/aromatic N) is 4. The standard InChI is InChI=1S/C23H29N5/c1-5-28(6-2)13-7-10-25-23-19-14-18-20-15-24-11-9-21(20)27(4)22(18)16(3)17(19)8-12-26-23/h8-9,11-12,14-15H,5-7,10,13H2,1-4H3,(H,25,26). The molecule has 5 heteroatoms. The predicted octanol–water partition coefficient (Wildman–Crippen LogP) is 4.73. The number of aryl methyl sites for hydroxylation is 2. The molecule has 0 bridgehead atoms. The minimum Gasteiger partial charge on any atom is -0.370 e. The van der Waals surface area contributed by atoms with Gasteiger partial charge in [-0.25, -0.2) is 4.98 Å². The number of rotatable bonds is 7. The number of pyridine rings is 2. The lowest BCUT2D eigenvalue weighted by molar-refractivity contribution is 0.303. The fourth-order valence-electron chi connectivity index (χ4n) is 4.32. The fraction of sp³-hybridized carbons (Fsp3) is 0.391. The number of nitrogens with one attached hydrogen (secondary N) is 1. The molecular weight excluding hydrogens is 346 g/mol. The Hall–Kier alpha value is -2.66. The Labute approximate surface area is 166 Å². The van der Waals surface area contributed by atoms with Crippen LogP contribution in [0, 0.1) is 6.92 Å². The molecule has 0 fully saturated rings. The van der Waals surface area contributed by atoms with Crippen molar-refractivity contribution in [2.75, 3.05) is 31.5 Å². The summed E-state index contributed by atoms with van der Waals surface area (Å²) in [6, 6.07) is 6.49. The van der Waals surface area contributed by atoms with Crippen LogP contribution in [0.15, 0.2) is 36.8 Å². The van der Waals surface area contributed by atoms with Gasteiger partial charge in [0.2, 0.25) is 0 Å². The third-order valence-electron chi connectivity index (χ3n) is 5.92. The van der Waals surface area contributed by atoms with E-state index in [0.717, 1.165) is 38.4 Å². The van der Waals surface area contributed by atoms with E-state index in [1.807, 2.05) is 18.6 Å². The number of hydrogen-bond donors (Lipinski definition) is 1. The Morgan fingerprint density at radius 2 is 1.86 bits per heavy atom. The van der Waals surface area contributed by atoms with E-state index in [0.29, 0.717) is 0 Å². The summed E-state index contributed by atoms with van der Waals surface area (Å²) in [5.74, 6) is 0.975. The summed E-state index contributed by atoms with van der Waals surface area (Å²) in [5.41, 5.74) is 3.78. The van der Waals surface area contributed by atoms with Crippen molar-refractivity contribution in [1.82, 2.24) is 19.4 Å². The average Bonchev–Trinajstić information content (AvgIpc) is 3.01. The molecule has 0 amide bonds. The van der Waals surface area contributed by atoms with Crippen LogP contribution in [0.2, 0.25) is 0 Å². The Bertz CT molecular complexity index is 1120. The average molecular weight is 376 g/mol. The van der Waals surface area contributed by atoms with Crippen LogP contribution in [0.3, 0.4) is 0 Å². The van der Waals surface area contributed by atoms with E-state index < -0.39 is 0 Å². The van der Waals surface area contributed by atoms with Crippen molar-refractivity contribution in [2.45, 2.75) is 27.2 Å². The first-order valence-corrected chi connectivity index (χ1v) is 10.2. The predicted molar refractivity (Wildman–Crippen MR) is 119 cm³/mol. The van der Waals surface area contributed by atoms with Crippen molar-refractivity contribution in [2.24, 2.45) is 7.05 Å². The molecule has 4 rings (SSSR count). The van der Waals surface area contributed by atoms with Gasteiger partial charge in [0.25, 0.3) is 0 Å². The van der Waals surface area contributed by atoms with Crippen LogP contribution in [0.1, 0.15) is 25.8 Å². The van der Waals surface area contributed by atoms with Gasteiger partial charge in [-0.3, -0.25) is 4.98 Å². The molecule has 4 aromatic rings. The van der Waals surface area contributed by atoms with Crippen molar-refractivity contribution < 1.29 is 0 Å². The van der Waals surface area contributed by atoms with Gasteiger partial charge in [-0.15, -0.1) is 0 Å². The molecule has 0 aliphatic rings. The third kappa shape index (κ3) is 3.10. The molecule has 28 heavy (non-hydrogen) atoms. The van der Waals surface area contributed by atoms with E-state index in [4.69, 9.17) is 0 Å². The van der Waals surface area contributed by atoms with Crippen molar-refractivity contribution in [3.63, 3.8) is 0 Å². The second-order valence-corrected chi connectivity index (χ2v) is 7.41. The van der Waals surface area contributed by atoms with Crippen molar-refractivity contribution in [1.29, 1.82) is 0 Å². The summed E-state index contributed by atoms with van der Waals surface area (Å²) in [5, 5.41) is 8.46. The number of benzene rings is 1. The molecule has 0 aliphatic heterocycles. The topological polar surface area (TPSA) is 46.0 Å². The maximum Gasteiger partial charge on any atom is 0.133 e. The third-order valence-corrected chi connectivity index (χ3v) is 5.92. The van der Waals surface area contributed by atoms with Crippen LogP contribution in [-0.2, 0) is 7.05 Å². The largest absolute Gasteiger partial charge is 0.370 e. The minimum absolute atomic E-state index is 0.927. The van der Waals surface area contributed by atoms with Crippen LogP contribution in [-0.4, -0.2) is 45.6 Å². The van der Waals surface area contributed by atoms with Crippen LogP contribution in [0.25, 0.3) is 32.6 Å². The Morgan fingerprint density at radius 1 is 1.04 bits per heavy atom. The zero-order chi connectivity index (χ0) is 19.7. The molecule has 1 aromatic carbocycles. The summed E-state index contributed by atoms with van der Waals surface area (Å²) in [6.45, 7) is 10.9. The molecule has 0 aliphatic carbocycles. The molecule has 5 nitrogen and oxygen atoms in total. The molecule has 1 N–H and O–H groups in total. The van der Waals surface area contributed by atoms with Crippen LogP contribution >= 0.6 is 0 Å². The molecule has 3 heterocycles. The SMILES string of the molecule is CCN(CC)CCCNc1nccc2c(C)c3c(cc12)c1cnccc1n3C. The number of hydrogen-bond acceptors (Lipinski definition) is 4. The Morgan fingerprint density at radius 3 is 2.64 bits per heavy atom. The van der Waals surface area contributed by atoms with E-state index in [2.05, 4.69) is 70.8 Å². The van der Waals surface area contributed by atoms with Gasteiger partial charge in [-0.2, -0.15) is 0 Å². The van der Waals surface area contributed by atoms with Gasteiger partial charge in [0, 0.05) is 48.3 Å². The van der Waals surface area contributed by atoms with Crippen molar-refractivity contribution >= 4 is 38.4 Å². The highest BCUT2D eigenvalue weighted by molar-refractivity contribution is 6.15. The van der Waals surface area contributed by atoms with Gasteiger partial charge in [-0.1, -0.05) is 13.8 Å². The first-order chi connectivity index (χ1) is 13.7. The van der Waals surface area contributed by atoms with Crippen molar-refractivity contribution in [3.8, 4) is 0 Å². The van der Waals surface area contributed by atoms with Crippen LogP contribution in [0.5, 0.6) is 0 Å². The summed E-state index contributed by atoms with van der Waals surface area (Å²) >= 11 is 0. The summed E-state index contributed by atoms with van der Waals surface area (Å²) < 4.78 is 2.28. The Kier molecular flexibility index (Phi) is 5.18. The lowest BCUT2D eigenvalue weighted by atomic mass is 10.0. The molecule has 0 saturated carbocycles. The molecule has 146 valence electrons. The molecule has 3 aromatic heterocycles. The lowest BCUT2D eigenvalue weighted by Crippen LogP contribution is -2.25. The quantitative estimate of drug-likeness (QED) is 0.475. The van der Waals surface area contributed by atoms with Crippen LogP contribution in [0.4, 0.5) is 5.82 Å². The van der Waals surface area contributed by atoms with E-state index >= 15 is 0 Å². The minimum atomic E-state index is 0.927. The highest BCUT2D eigenvalue weighted by Crippen LogP contribution is 2.36. The maximum absolute atomic E-state index is 4.65. The van der Waals surface area contributed by atoms with Gasteiger partial charge in [0.1, 0.15) is 5.82 Å². The molecule has 0 unspecified atom stereocenters. The van der Waals surface area contributed by atoms with E-state index in [1.165, 1.54) is 38.1 Å². The first kappa shape index (κ1) is 18.7. The van der Waals surface area contributed by atoms with E-state index in [-0.39, 0.29) is 0 Å². The zero-order valence-electron chi connectivity index (χ0n) is 17.3. The van der Waals surface area contributed by atoms with Gasteiger partial charge < -0.3 is 14.8 Å². The first-order valence-electron chi connectivity index (χ1n) is 10.2. The number of anilines is 1. The second-order valence-electron chi connectivity index (χ2n) is 7.41. The number of aromatic nitrogens is 3. The lowest BCUT2D eigenvalue weighted by Gasteiger charge is -2.18.